The molecule has 1 unspecified atom stereocenters. The topological polar surface area (TPSA) is 45.1 Å². The van der Waals surface area contributed by atoms with E-state index in [1.54, 1.807) is 0 Å². The molecule has 1 rings (SSSR count). The zero-order valence-electron chi connectivity index (χ0n) is 10.4. The van der Waals surface area contributed by atoms with Crippen molar-refractivity contribution in [3.63, 3.8) is 0 Å². The summed E-state index contributed by atoms with van der Waals surface area (Å²) in [6.07, 6.45) is 1.43. The van der Waals surface area contributed by atoms with Gasteiger partial charge in [0.2, 0.25) is 0 Å². The van der Waals surface area contributed by atoms with Crippen LogP contribution in [0.15, 0.2) is 6.07 Å². The van der Waals surface area contributed by atoms with Gasteiger partial charge < -0.3 is 10.4 Å². The first-order valence-corrected chi connectivity index (χ1v) is 7.06. The first kappa shape index (κ1) is 15.8. The maximum absolute atomic E-state index is 9.99. The van der Waals surface area contributed by atoms with Crippen LogP contribution in [0, 0.1) is 5.92 Å². The van der Waals surface area contributed by atoms with Crippen molar-refractivity contribution < 1.29 is 5.11 Å². The van der Waals surface area contributed by atoms with Crippen molar-refractivity contribution >= 4 is 40.6 Å². The van der Waals surface area contributed by atoms with Gasteiger partial charge in [-0.2, -0.15) is 0 Å². The molecule has 0 bridgehead atoms. The zero-order chi connectivity index (χ0) is 13.7. The molecular weight excluding hydrogens is 295 g/mol. The number of nitrogens with one attached hydrogen (secondary N) is 1. The molecule has 0 spiro atoms. The highest BCUT2D eigenvalue weighted by atomic mass is 35.5. The van der Waals surface area contributed by atoms with Crippen molar-refractivity contribution in [2.24, 2.45) is 5.92 Å². The van der Waals surface area contributed by atoms with Crippen molar-refractivity contribution in [2.45, 2.75) is 32.8 Å². The highest BCUT2D eigenvalue weighted by Gasteiger charge is 2.16. The van der Waals surface area contributed by atoms with Crippen LogP contribution in [0.1, 0.15) is 26.7 Å². The maximum atomic E-state index is 9.99. The minimum atomic E-state index is -0.438. The quantitative estimate of drug-likeness (QED) is 0.772. The van der Waals surface area contributed by atoms with Crippen molar-refractivity contribution in [3.8, 4) is 0 Å². The maximum Gasteiger partial charge on any atom is 0.150 e. The third kappa shape index (κ3) is 4.16. The lowest BCUT2D eigenvalue weighted by Crippen LogP contribution is -2.28. The lowest BCUT2D eigenvalue weighted by Gasteiger charge is -2.20. The van der Waals surface area contributed by atoms with Gasteiger partial charge in [-0.05, 0) is 12.0 Å². The van der Waals surface area contributed by atoms with E-state index >= 15 is 0 Å². The molecule has 0 radical (unpaired) electrons. The molecule has 0 aliphatic carbocycles. The predicted molar refractivity (Wildman–Crippen MR) is 77.8 cm³/mol. The summed E-state index contributed by atoms with van der Waals surface area (Å²) in [4.78, 5) is 4.03. The van der Waals surface area contributed by atoms with E-state index in [2.05, 4.69) is 24.1 Å². The fourth-order valence-electron chi connectivity index (χ4n) is 1.77. The van der Waals surface area contributed by atoms with E-state index in [1.807, 2.05) is 0 Å². The Morgan fingerprint density at radius 1 is 1.22 bits per heavy atom. The lowest BCUT2D eigenvalue weighted by molar-refractivity contribution is 0.114. The molecule has 0 aromatic carbocycles. The van der Waals surface area contributed by atoms with E-state index in [9.17, 15) is 5.11 Å². The molecule has 0 aliphatic heterocycles. The van der Waals surface area contributed by atoms with Gasteiger partial charge >= 0.3 is 0 Å². The summed E-state index contributed by atoms with van der Waals surface area (Å²) in [6, 6.07) is 1.53. The van der Waals surface area contributed by atoms with Crippen LogP contribution in [0.2, 0.25) is 15.2 Å². The summed E-state index contributed by atoms with van der Waals surface area (Å²) in [6.45, 7) is 4.50. The summed E-state index contributed by atoms with van der Waals surface area (Å²) in [5, 5.41) is 13.9. The lowest BCUT2D eigenvalue weighted by atomic mass is 9.97. The van der Waals surface area contributed by atoms with Gasteiger partial charge in [-0.15, -0.1) is 0 Å². The summed E-state index contributed by atoms with van der Waals surface area (Å²) < 4.78 is 0. The molecule has 0 saturated heterocycles. The number of hydrogen-bond acceptors (Lipinski definition) is 3. The molecule has 1 heterocycles. The molecule has 18 heavy (non-hydrogen) atoms. The van der Waals surface area contributed by atoms with Crippen molar-refractivity contribution in [1.82, 2.24) is 4.98 Å². The number of aliphatic hydroxyl groups excluding tert-OH is 1. The number of hydrogen-bond donors (Lipinski definition) is 2. The standard InChI is InChI=1S/C12H17Cl3N2O/c1-3-7(4-2)10(18)6-16-12-9(14)5-8(13)11(15)17-12/h5,7,10,18H,3-4,6H2,1-2H3,(H,16,17). The Morgan fingerprint density at radius 2 is 1.83 bits per heavy atom. The minimum absolute atomic E-state index is 0.195. The molecular formula is C12H17Cl3N2O. The molecule has 1 atom stereocenters. The van der Waals surface area contributed by atoms with Crippen molar-refractivity contribution in [3.05, 3.63) is 21.3 Å². The van der Waals surface area contributed by atoms with Crippen LogP contribution in [0.3, 0.4) is 0 Å². The number of rotatable bonds is 6. The minimum Gasteiger partial charge on any atom is -0.391 e. The van der Waals surface area contributed by atoms with Crippen LogP contribution in [0.25, 0.3) is 0 Å². The van der Waals surface area contributed by atoms with Gasteiger partial charge in [-0.25, -0.2) is 4.98 Å². The third-order valence-corrected chi connectivity index (χ3v) is 3.92. The number of nitrogens with zero attached hydrogens (tertiary/aromatic N) is 1. The van der Waals surface area contributed by atoms with Gasteiger partial charge in [0.05, 0.1) is 16.1 Å². The van der Waals surface area contributed by atoms with E-state index in [-0.39, 0.29) is 11.1 Å². The van der Waals surface area contributed by atoms with Crippen LogP contribution >= 0.6 is 34.8 Å². The average Bonchev–Trinajstić information content (AvgIpc) is 2.33. The summed E-state index contributed by atoms with van der Waals surface area (Å²) in [5.74, 6) is 0.704. The van der Waals surface area contributed by atoms with E-state index in [4.69, 9.17) is 34.8 Å². The van der Waals surface area contributed by atoms with Gasteiger partial charge in [0.1, 0.15) is 11.0 Å². The largest absolute Gasteiger partial charge is 0.391 e. The van der Waals surface area contributed by atoms with Gasteiger partial charge in [0, 0.05) is 6.54 Å². The molecule has 102 valence electrons. The predicted octanol–water partition coefficient (Wildman–Crippen LogP) is 4.25. The van der Waals surface area contributed by atoms with Crippen LogP contribution < -0.4 is 5.32 Å². The Morgan fingerprint density at radius 3 is 2.39 bits per heavy atom. The normalized spacial score (nSPS) is 12.8. The van der Waals surface area contributed by atoms with E-state index in [1.165, 1.54) is 6.07 Å². The summed E-state index contributed by atoms with van der Waals surface area (Å²) in [5.41, 5.74) is 0. The monoisotopic (exact) mass is 310 g/mol. The first-order valence-electron chi connectivity index (χ1n) is 5.93. The van der Waals surface area contributed by atoms with Gasteiger partial charge in [-0.1, -0.05) is 61.5 Å². The average molecular weight is 312 g/mol. The number of aliphatic hydroxyl groups is 1. The SMILES string of the molecule is CCC(CC)C(O)CNc1nc(Cl)c(Cl)cc1Cl. The molecule has 0 aliphatic rings. The fraction of sp³-hybridized carbons (Fsp3) is 0.583. The van der Waals surface area contributed by atoms with Crippen LogP contribution in [-0.4, -0.2) is 22.7 Å². The second kappa shape index (κ2) is 7.39. The molecule has 1 aromatic rings. The Hall–Kier alpha value is -0.220. The highest BCUT2D eigenvalue weighted by Crippen LogP contribution is 2.29. The summed E-state index contributed by atoms with van der Waals surface area (Å²) >= 11 is 17.6. The smallest absolute Gasteiger partial charge is 0.150 e. The number of halogens is 3. The highest BCUT2D eigenvalue weighted by molar-refractivity contribution is 6.42. The fourth-order valence-corrected chi connectivity index (χ4v) is 2.33. The van der Waals surface area contributed by atoms with Gasteiger partial charge in [0.15, 0.2) is 0 Å². The molecule has 6 heteroatoms. The molecule has 0 amide bonds. The Kier molecular flexibility index (Phi) is 6.50. The summed E-state index contributed by atoms with van der Waals surface area (Å²) in [7, 11) is 0. The molecule has 3 nitrogen and oxygen atoms in total. The van der Waals surface area contributed by atoms with E-state index in [0.717, 1.165) is 12.8 Å². The number of pyridine rings is 1. The Labute approximate surface area is 122 Å². The molecule has 2 N–H and O–H groups in total. The second-order valence-corrected chi connectivity index (χ2v) is 5.29. The van der Waals surface area contributed by atoms with E-state index < -0.39 is 6.10 Å². The second-order valence-electron chi connectivity index (χ2n) is 4.12. The molecule has 0 saturated carbocycles. The molecule has 0 fully saturated rings. The zero-order valence-corrected chi connectivity index (χ0v) is 12.6. The van der Waals surface area contributed by atoms with Gasteiger partial charge in [0.25, 0.3) is 0 Å². The van der Waals surface area contributed by atoms with Crippen molar-refractivity contribution in [2.75, 3.05) is 11.9 Å². The first-order chi connectivity index (χ1) is 8.49. The van der Waals surface area contributed by atoms with Gasteiger partial charge in [-0.3, -0.25) is 0 Å². The van der Waals surface area contributed by atoms with Crippen molar-refractivity contribution in [1.29, 1.82) is 0 Å². The third-order valence-electron chi connectivity index (χ3n) is 2.96. The van der Waals surface area contributed by atoms with Crippen LogP contribution in [-0.2, 0) is 0 Å². The van der Waals surface area contributed by atoms with E-state index in [0.29, 0.717) is 22.4 Å². The van der Waals surface area contributed by atoms with Crippen LogP contribution in [0.4, 0.5) is 5.82 Å². The van der Waals surface area contributed by atoms with Crippen LogP contribution in [0.5, 0.6) is 0 Å². The molecule has 1 aromatic heterocycles. The Bertz CT molecular complexity index is 397. The Balaban J connectivity index is 2.66. The number of aromatic nitrogens is 1. The number of anilines is 1.